The first-order valence-corrected chi connectivity index (χ1v) is 23.3. The van der Waals surface area contributed by atoms with E-state index in [1.54, 1.807) is 0 Å². The van der Waals surface area contributed by atoms with Crippen molar-refractivity contribution >= 4 is 19.8 Å². The summed E-state index contributed by atoms with van der Waals surface area (Å²) in [6.45, 7) is 4.09. The number of nitrogens with zero attached hydrogens (tertiary/aromatic N) is 1. The first kappa shape index (κ1) is 53.0. The number of likely N-dealkylation sites (N-methyl/N-ethyl adjacent to an activating group) is 1. The molecule has 0 saturated carbocycles. The molecule has 0 aliphatic carbocycles. The lowest BCUT2D eigenvalue weighted by molar-refractivity contribution is -0.870. The van der Waals surface area contributed by atoms with Gasteiger partial charge in [0.15, 0.2) is 6.10 Å². The van der Waals surface area contributed by atoms with E-state index in [1.807, 2.05) is 21.1 Å². The summed E-state index contributed by atoms with van der Waals surface area (Å²) >= 11 is 0. The lowest BCUT2D eigenvalue weighted by Gasteiger charge is -2.28. The molecular weight excluding hydrogens is 713 g/mol. The van der Waals surface area contributed by atoms with Gasteiger partial charge in [-0.2, -0.15) is 0 Å². The third-order valence-corrected chi connectivity index (χ3v) is 10.1. The molecule has 0 N–H and O–H groups in total. The van der Waals surface area contributed by atoms with Crippen LogP contribution in [0.1, 0.15) is 174 Å². The first-order valence-electron chi connectivity index (χ1n) is 21.8. The van der Waals surface area contributed by atoms with E-state index in [4.69, 9.17) is 18.5 Å². The molecule has 0 radical (unpaired) electrons. The number of unbranched alkanes of at least 4 members (excludes halogenated alkanes) is 17. The van der Waals surface area contributed by atoms with Gasteiger partial charge in [0.05, 0.1) is 27.7 Å². The van der Waals surface area contributed by atoms with E-state index in [9.17, 15) is 19.0 Å². The van der Waals surface area contributed by atoms with Gasteiger partial charge in [-0.3, -0.25) is 14.2 Å². The number of phosphoric acid groups is 1. The minimum atomic E-state index is -4.63. The van der Waals surface area contributed by atoms with Crippen molar-refractivity contribution in [2.45, 2.75) is 180 Å². The third kappa shape index (κ3) is 41.4. The molecular formula is C45H82NO8P. The van der Waals surface area contributed by atoms with Crippen LogP contribution in [-0.4, -0.2) is 70.0 Å². The lowest BCUT2D eigenvalue weighted by atomic mass is 10.0. The molecule has 0 aromatic rings. The number of ether oxygens (including phenoxy) is 2. The second kappa shape index (κ2) is 37.5. The van der Waals surface area contributed by atoms with Crippen LogP contribution in [0.4, 0.5) is 0 Å². The molecule has 0 bridgehead atoms. The molecule has 0 spiro atoms. The van der Waals surface area contributed by atoms with E-state index in [1.165, 1.54) is 57.8 Å². The van der Waals surface area contributed by atoms with E-state index in [2.05, 4.69) is 62.5 Å². The number of carbonyl (C=O) groups is 2. The summed E-state index contributed by atoms with van der Waals surface area (Å²) in [5.74, 6) is -0.851. The van der Waals surface area contributed by atoms with Crippen molar-refractivity contribution in [3.8, 4) is 0 Å². The highest BCUT2D eigenvalue weighted by Crippen LogP contribution is 2.38. The van der Waals surface area contributed by atoms with Crippen LogP contribution < -0.4 is 4.89 Å². The fraction of sp³-hybridized carbons (Fsp3) is 0.778. The van der Waals surface area contributed by atoms with Crippen molar-refractivity contribution in [2.75, 3.05) is 47.5 Å². The maximum Gasteiger partial charge on any atom is 0.306 e. The van der Waals surface area contributed by atoms with Gasteiger partial charge in [-0.1, -0.05) is 159 Å². The van der Waals surface area contributed by atoms with Gasteiger partial charge in [0.1, 0.15) is 19.8 Å². The van der Waals surface area contributed by atoms with Crippen molar-refractivity contribution in [3.05, 3.63) is 48.6 Å². The van der Waals surface area contributed by atoms with E-state index in [0.717, 1.165) is 83.5 Å². The van der Waals surface area contributed by atoms with Crippen molar-refractivity contribution < 1.29 is 42.1 Å². The van der Waals surface area contributed by atoms with Gasteiger partial charge in [0.2, 0.25) is 0 Å². The number of allylic oxidation sites excluding steroid dienone is 8. The SMILES string of the molecule is CC/C=C\C/C=C\C/C=C\C/C=C\CCCCCCCCC(=O)OC(COC(=O)CCCCCCCCCCCCCC)COP(=O)([O-])OCC[N+](C)(C)C. The van der Waals surface area contributed by atoms with E-state index in [-0.39, 0.29) is 32.0 Å². The standard InChI is InChI=1S/C45H82NO8P/c1-6-8-10-12-14-16-18-20-21-22-23-24-25-26-28-30-32-34-36-38-45(48)54-43(42-53-55(49,50)52-40-39-46(3,4)5)41-51-44(47)37-35-33-31-29-27-19-17-15-13-11-9-7-2/h8,10,14,16,20-21,23-24,43H,6-7,9,11-13,15,17-19,22,25-42H2,1-5H3/b10-8-,16-14-,21-20-,24-23-. The quantitative estimate of drug-likeness (QED) is 0.0199. The predicted molar refractivity (Wildman–Crippen MR) is 227 cm³/mol. The van der Waals surface area contributed by atoms with Crippen LogP contribution in [0.5, 0.6) is 0 Å². The number of esters is 2. The number of hydrogen-bond acceptors (Lipinski definition) is 8. The van der Waals surface area contributed by atoms with Crippen molar-refractivity contribution in [1.29, 1.82) is 0 Å². The Morgan fingerprint density at radius 3 is 1.55 bits per heavy atom. The van der Waals surface area contributed by atoms with Crippen LogP contribution in [-0.2, 0) is 32.7 Å². The van der Waals surface area contributed by atoms with Crippen molar-refractivity contribution in [3.63, 3.8) is 0 Å². The maximum absolute atomic E-state index is 12.7. The summed E-state index contributed by atoms with van der Waals surface area (Å²) in [6.07, 6.45) is 42.7. The molecule has 0 amide bonds. The minimum Gasteiger partial charge on any atom is -0.756 e. The van der Waals surface area contributed by atoms with E-state index < -0.39 is 26.5 Å². The molecule has 0 aliphatic heterocycles. The van der Waals surface area contributed by atoms with E-state index in [0.29, 0.717) is 17.4 Å². The average molecular weight is 796 g/mol. The van der Waals surface area contributed by atoms with Gasteiger partial charge in [-0.25, -0.2) is 0 Å². The molecule has 0 aromatic heterocycles. The Hall–Kier alpha value is -2.03. The molecule has 0 rings (SSSR count). The zero-order valence-corrected chi connectivity index (χ0v) is 36.8. The number of hydrogen-bond donors (Lipinski definition) is 0. The molecule has 2 unspecified atom stereocenters. The highest BCUT2D eigenvalue weighted by molar-refractivity contribution is 7.45. The van der Waals surface area contributed by atoms with Gasteiger partial charge in [-0.05, 0) is 51.4 Å². The summed E-state index contributed by atoms with van der Waals surface area (Å²) in [6, 6.07) is 0. The second-order valence-corrected chi connectivity index (χ2v) is 17.1. The maximum atomic E-state index is 12.7. The van der Waals surface area contributed by atoms with Crippen LogP contribution in [0, 0.1) is 0 Å². The van der Waals surface area contributed by atoms with Gasteiger partial charge >= 0.3 is 11.9 Å². The molecule has 0 fully saturated rings. The Labute approximate surface area is 337 Å². The van der Waals surface area contributed by atoms with Crippen molar-refractivity contribution in [1.82, 2.24) is 0 Å². The zero-order valence-electron chi connectivity index (χ0n) is 35.9. The zero-order chi connectivity index (χ0) is 40.7. The van der Waals surface area contributed by atoms with Crippen LogP contribution in [0.15, 0.2) is 48.6 Å². The third-order valence-electron chi connectivity index (χ3n) is 9.11. The topological polar surface area (TPSA) is 111 Å². The normalized spacial score (nSPS) is 14.1. The minimum absolute atomic E-state index is 0.0345. The van der Waals surface area contributed by atoms with Crippen LogP contribution in [0.3, 0.4) is 0 Å². The molecule has 9 nitrogen and oxygen atoms in total. The molecule has 320 valence electrons. The number of rotatable bonds is 39. The smallest absolute Gasteiger partial charge is 0.306 e. The largest absolute Gasteiger partial charge is 0.756 e. The molecule has 0 aromatic carbocycles. The highest BCUT2D eigenvalue weighted by atomic mass is 31.2. The Morgan fingerprint density at radius 2 is 1.04 bits per heavy atom. The lowest BCUT2D eigenvalue weighted by Crippen LogP contribution is -2.37. The van der Waals surface area contributed by atoms with Gasteiger partial charge in [0.25, 0.3) is 7.82 Å². The fourth-order valence-corrected chi connectivity index (χ4v) is 6.43. The number of quaternary nitrogens is 1. The predicted octanol–water partition coefficient (Wildman–Crippen LogP) is 11.7. The Balaban J connectivity index is 4.38. The molecule has 0 aliphatic rings. The van der Waals surface area contributed by atoms with Gasteiger partial charge < -0.3 is 27.9 Å². The Morgan fingerprint density at radius 1 is 0.582 bits per heavy atom. The first-order chi connectivity index (χ1) is 26.5. The van der Waals surface area contributed by atoms with Crippen LogP contribution >= 0.6 is 7.82 Å². The van der Waals surface area contributed by atoms with Crippen LogP contribution in [0.25, 0.3) is 0 Å². The monoisotopic (exact) mass is 796 g/mol. The summed E-state index contributed by atoms with van der Waals surface area (Å²) in [7, 11) is 1.15. The number of phosphoric ester groups is 1. The van der Waals surface area contributed by atoms with Crippen LogP contribution in [0.2, 0.25) is 0 Å². The Kier molecular flexibility index (Phi) is 36.2. The summed E-state index contributed by atoms with van der Waals surface area (Å²) in [5, 5.41) is 0. The number of carbonyl (C=O) groups excluding carboxylic acids is 2. The second-order valence-electron chi connectivity index (χ2n) is 15.7. The molecule has 0 heterocycles. The summed E-state index contributed by atoms with van der Waals surface area (Å²) in [5.41, 5.74) is 0. The molecule has 0 saturated heterocycles. The Bertz CT molecular complexity index is 1080. The molecule has 2 atom stereocenters. The van der Waals surface area contributed by atoms with Crippen molar-refractivity contribution in [2.24, 2.45) is 0 Å². The fourth-order valence-electron chi connectivity index (χ4n) is 5.70. The highest BCUT2D eigenvalue weighted by Gasteiger charge is 2.21. The average Bonchev–Trinajstić information content (AvgIpc) is 3.13. The molecule has 55 heavy (non-hydrogen) atoms. The van der Waals surface area contributed by atoms with E-state index >= 15 is 0 Å². The van der Waals surface area contributed by atoms with Gasteiger partial charge in [0, 0.05) is 12.8 Å². The van der Waals surface area contributed by atoms with Gasteiger partial charge in [-0.15, -0.1) is 0 Å². The summed E-state index contributed by atoms with van der Waals surface area (Å²) in [4.78, 5) is 37.5. The molecule has 10 heteroatoms. The summed E-state index contributed by atoms with van der Waals surface area (Å²) < 4.78 is 33.9.